The van der Waals surface area contributed by atoms with E-state index in [-0.39, 0.29) is 0 Å². The zero-order valence-corrected chi connectivity index (χ0v) is 12.8. The first kappa shape index (κ1) is 12.8. The molecule has 3 heterocycles. The van der Waals surface area contributed by atoms with E-state index in [0.29, 0.717) is 5.82 Å². The number of aromatic nitrogens is 4. The van der Waals surface area contributed by atoms with Crippen LogP contribution in [0.15, 0.2) is 12.4 Å². The maximum Gasteiger partial charge on any atom is 0.168 e. The van der Waals surface area contributed by atoms with Gasteiger partial charge in [0.25, 0.3) is 0 Å². The van der Waals surface area contributed by atoms with Crippen molar-refractivity contribution >= 4 is 27.4 Å². The zero-order valence-electron chi connectivity index (χ0n) is 12.0. The summed E-state index contributed by atoms with van der Waals surface area (Å²) < 4.78 is 1.75. The van der Waals surface area contributed by atoms with E-state index < -0.39 is 0 Å². The lowest BCUT2D eigenvalue weighted by atomic mass is 10.1. The highest BCUT2D eigenvalue weighted by atomic mass is 32.1. The number of rotatable bonds is 1. The van der Waals surface area contributed by atoms with Crippen LogP contribution in [0.25, 0.3) is 16.0 Å². The van der Waals surface area contributed by atoms with E-state index in [4.69, 9.17) is 5.73 Å². The molecule has 0 spiro atoms. The third-order valence-electron chi connectivity index (χ3n) is 4.04. The molecule has 0 bridgehead atoms. The van der Waals surface area contributed by atoms with Crippen LogP contribution in [0.3, 0.4) is 0 Å². The molecule has 5 nitrogen and oxygen atoms in total. The van der Waals surface area contributed by atoms with E-state index in [2.05, 4.69) is 15.1 Å². The van der Waals surface area contributed by atoms with Gasteiger partial charge in [-0.3, -0.25) is 0 Å². The summed E-state index contributed by atoms with van der Waals surface area (Å²) in [7, 11) is 0. The Balaban J connectivity index is 2.01. The molecule has 0 saturated heterocycles. The minimum atomic E-state index is 0.626. The third-order valence-corrected chi connectivity index (χ3v) is 5.24. The minimum Gasteiger partial charge on any atom is -0.384 e. The molecule has 2 N–H and O–H groups in total. The van der Waals surface area contributed by atoms with Crippen LogP contribution < -0.4 is 5.73 Å². The molecule has 21 heavy (non-hydrogen) atoms. The van der Waals surface area contributed by atoms with E-state index in [1.54, 1.807) is 22.3 Å². The van der Waals surface area contributed by atoms with Crippen molar-refractivity contribution in [3.63, 3.8) is 0 Å². The predicted molar refractivity (Wildman–Crippen MR) is 84.9 cm³/mol. The summed E-state index contributed by atoms with van der Waals surface area (Å²) in [5, 5.41) is 5.64. The van der Waals surface area contributed by atoms with Gasteiger partial charge in [0.05, 0.1) is 11.1 Å². The highest BCUT2D eigenvalue weighted by Gasteiger charge is 2.20. The second kappa shape index (κ2) is 4.80. The summed E-state index contributed by atoms with van der Waals surface area (Å²) >= 11 is 1.80. The molecule has 0 aliphatic heterocycles. The molecular weight excluding hydrogens is 282 g/mol. The van der Waals surface area contributed by atoms with Gasteiger partial charge < -0.3 is 5.73 Å². The average Bonchev–Trinajstić information content (AvgIpc) is 2.89. The molecule has 3 aromatic heterocycles. The summed E-state index contributed by atoms with van der Waals surface area (Å²) in [6.45, 7) is 1.94. The fourth-order valence-corrected chi connectivity index (χ4v) is 4.32. The van der Waals surface area contributed by atoms with Crippen LogP contribution in [0.2, 0.25) is 0 Å². The SMILES string of the molecule is Cc1cc(N)n(-c2ncnc3sc4c(c23)CCCCC4)n1. The van der Waals surface area contributed by atoms with Gasteiger partial charge in [-0.05, 0) is 38.2 Å². The van der Waals surface area contributed by atoms with Crippen molar-refractivity contribution in [1.82, 2.24) is 19.7 Å². The Labute approximate surface area is 126 Å². The number of fused-ring (bicyclic) bond motifs is 3. The van der Waals surface area contributed by atoms with Gasteiger partial charge in [-0.1, -0.05) is 6.42 Å². The second-order valence-electron chi connectivity index (χ2n) is 5.56. The Bertz CT molecular complexity index is 817. The number of aryl methyl sites for hydroxylation is 3. The summed E-state index contributed by atoms with van der Waals surface area (Å²) in [6.07, 6.45) is 7.69. The van der Waals surface area contributed by atoms with Gasteiger partial charge in [0.1, 0.15) is 17.0 Å². The molecule has 0 unspecified atom stereocenters. The molecule has 3 aromatic rings. The lowest BCUT2D eigenvalue weighted by Crippen LogP contribution is -2.05. The molecule has 1 aliphatic rings. The topological polar surface area (TPSA) is 69.6 Å². The number of anilines is 1. The molecule has 0 saturated carbocycles. The van der Waals surface area contributed by atoms with Gasteiger partial charge in [0.15, 0.2) is 5.82 Å². The molecule has 4 rings (SSSR count). The summed E-state index contributed by atoms with van der Waals surface area (Å²) in [5.74, 6) is 1.45. The quantitative estimate of drug-likeness (QED) is 0.701. The lowest BCUT2D eigenvalue weighted by Gasteiger charge is -2.06. The maximum atomic E-state index is 6.08. The van der Waals surface area contributed by atoms with Gasteiger partial charge in [-0.15, -0.1) is 11.3 Å². The largest absolute Gasteiger partial charge is 0.384 e. The molecular formula is C15H17N5S. The standard InChI is InChI=1S/C15H17N5S/c1-9-7-12(16)20(19-9)14-13-10-5-3-2-4-6-11(10)21-15(13)18-8-17-14/h7-8H,2-6,16H2,1H3. The lowest BCUT2D eigenvalue weighted by molar-refractivity contribution is 0.713. The van der Waals surface area contributed by atoms with Crippen molar-refractivity contribution in [2.24, 2.45) is 0 Å². The molecule has 0 fully saturated rings. The molecule has 0 amide bonds. The predicted octanol–water partition coefficient (Wildman–Crippen LogP) is 3.04. The fraction of sp³-hybridized carbons (Fsp3) is 0.400. The van der Waals surface area contributed by atoms with Gasteiger partial charge in [-0.25, -0.2) is 9.97 Å². The highest BCUT2D eigenvalue weighted by Crippen LogP contribution is 2.37. The number of hydrogen-bond donors (Lipinski definition) is 1. The number of thiophene rings is 1. The number of nitrogens with zero attached hydrogens (tertiary/aromatic N) is 4. The summed E-state index contributed by atoms with van der Waals surface area (Å²) in [6, 6.07) is 1.87. The van der Waals surface area contributed by atoms with Crippen LogP contribution in [0, 0.1) is 6.92 Å². The van der Waals surface area contributed by atoms with Gasteiger partial charge in [0, 0.05) is 10.9 Å². The molecule has 1 aliphatic carbocycles. The van der Waals surface area contributed by atoms with Crippen LogP contribution in [0.4, 0.5) is 5.82 Å². The van der Waals surface area contributed by atoms with Crippen molar-refractivity contribution in [2.75, 3.05) is 5.73 Å². The average molecular weight is 299 g/mol. The van der Waals surface area contributed by atoms with Crippen molar-refractivity contribution in [2.45, 2.75) is 39.0 Å². The van der Waals surface area contributed by atoms with Crippen LogP contribution in [0.5, 0.6) is 0 Å². The number of nitrogens with two attached hydrogens (primary N) is 1. The Morgan fingerprint density at radius 1 is 1.19 bits per heavy atom. The molecule has 6 heteroatoms. The molecule has 0 radical (unpaired) electrons. The van der Waals surface area contributed by atoms with E-state index >= 15 is 0 Å². The third kappa shape index (κ3) is 2.01. The summed E-state index contributed by atoms with van der Waals surface area (Å²) in [5.41, 5.74) is 8.40. The van der Waals surface area contributed by atoms with Gasteiger partial charge in [-0.2, -0.15) is 9.78 Å². The Morgan fingerprint density at radius 2 is 2.05 bits per heavy atom. The smallest absolute Gasteiger partial charge is 0.168 e. The van der Waals surface area contributed by atoms with Crippen LogP contribution in [-0.4, -0.2) is 19.7 Å². The first-order valence-electron chi connectivity index (χ1n) is 7.32. The molecule has 0 atom stereocenters. The summed E-state index contributed by atoms with van der Waals surface area (Å²) in [4.78, 5) is 11.5. The first-order valence-corrected chi connectivity index (χ1v) is 8.13. The Hall–Kier alpha value is -1.95. The second-order valence-corrected chi connectivity index (χ2v) is 6.65. The van der Waals surface area contributed by atoms with Crippen LogP contribution >= 0.6 is 11.3 Å². The van der Waals surface area contributed by atoms with E-state index in [9.17, 15) is 0 Å². The molecule has 0 aromatic carbocycles. The van der Waals surface area contributed by atoms with E-state index in [1.807, 2.05) is 13.0 Å². The first-order chi connectivity index (χ1) is 10.2. The highest BCUT2D eigenvalue weighted by molar-refractivity contribution is 7.18. The van der Waals surface area contributed by atoms with Gasteiger partial charge in [0.2, 0.25) is 0 Å². The monoisotopic (exact) mass is 299 g/mol. The zero-order chi connectivity index (χ0) is 14.4. The fourth-order valence-electron chi connectivity index (χ4n) is 3.10. The maximum absolute atomic E-state index is 6.08. The number of hydrogen-bond acceptors (Lipinski definition) is 5. The van der Waals surface area contributed by atoms with Crippen LogP contribution in [-0.2, 0) is 12.8 Å². The normalized spacial score (nSPS) is 15.1. The van der Waals surface area contributed by atoms with Crippen LogP contribution in [0.1, 0.15) is 35.4 Å². The minimum absolute atomic E-state index is 0.626. The number of nitrogen functional groups attached to an aromatic ring is 1. The van der Waals surface area contributed by atoms with E-state index in [0.717, 1.165) is 34.6 Å². The van der Waals surface area contributed by atoms with Crippen molar-refractivity contribution in [3.8, 4) is 5.82 Å². The Kier molecular flexibility index (Phi) is 2.92. The van der Waals surface area contributed by atoms with E-state index in [1.165, 1.54) is 29.7 Å². The Morgan fingerprint density at radius 3 is 2.86 bits per heavy atom. The van der Waals surface area contributed by atoms with Crippen molar-refractivity contribution in [1.29, 1.82) is 0 Å². The van der Waals surface area contributed by atoms with Gasteiger partial charge >= 0.3 is 0 Å². The molecule has 108 valence electrons. The van der Waals surface area contributed by atoms with Crippen molar-refractivity contribution in [3.05, 3.63) is 28.5 Å². The van der Waals surface area contributed by atoms with Crippen molar-refractivity contribution < 1.29 is 0 Å².